The normalized spacial score (nSPS) is 12.8. The van der Waals surface area contributed by atoms with Gasteiger partial charge in [0, 0.05) is 18.5 Å². The van der Waals surface area contributed by atoms with Crippen molar-refractivity contribution in [2.24, 2.45) is 11.5 Å². The minimum absolute atomic E-state index is 0.0607. The number of rotatable bonds is 14. The molecule has 11 nitrogen and oxygen atoms in total. The lowest BCUT2D eigenvalue weighted by atomic mass is 10.0. The van der Waals surface area contributed by atoms with Gasteiger partial charge < -0.3 is 22.1 Å². The van der Waals surface area contributed by atoms with E-state index in [9.17, 15) is 22.8 Å². The van der Waals surface area contributed by atoms with Crippen LogP contribution >= 0.6 is 0 Å². The Balaban J connectivity index is 2.15. The standard InChI is InChI=1S/C24H32N6O5S/c1-2-36(34,35)30-20(14-16-6-4-3-5-7-16)24(33)29-19(12-13-21(25)31)23(32)28-15-17-8-10-18(11-9-17)22(26)27/h3-11,19-20,30H,2,12-15H2,1H3,(H2,25,31)(H3,26,27)(H,28,32)(H,29,33)/t19-,20+/m0/s1. The molecule has 194 valence electrons. The Labute approximate surface area is 210 Å². The van der Waals surface area contributed by atoms with Crippen LogP contribution in [0.5, 0.6) is 0 Å². The molecule has 0 radical (unpaired) electrons. The maximum atomic E-state index is 13.1. The monoisotopic (exact) mass is 516 g/mol. The summed E-state index contributed by atoms with van der Waals surface area (Å²) in [6, 6.07) is 13.2. The Morgan fingerprint density at radius 3 is 2.11 bits per heavy atom. The van der Waals surface area contributed by atoms with Gasteiger partial charge in [0.2, 0.25) is 27.7 Å². The van der Waals surface area contributed by atoms with Gasteiger partial charge >= 0.3 is 0 Å². The van der Waals surface area contributed by atoms with Crippen molar-refractivity contribution in [2.45, 2.75) is 44.8 Å². The summed E-state index contributed by atoms with van der Waals surface area (Å²) in [7, 11) is -3.73. The third kappa shape index (κ3) is 9.47. The predicted octanol–water partition coefficient (Wildman–Crippen LogP) is -0.112. The molecule has 36 heavy (non-hydrogen) atoms. The number of amidine groups is 1. The molecule has 2 aromatic carbocycles. The summed E-state index contributed by atoms with van der Waals surface area (Å²) in [4.78, 5) is 37.3. The summed E-state index contributed by atoms with van der Waals surface area (Å²) in [6.45, 7) is 1.57. The number of primary amides is 1. The van der Waals surface area contributed by atoms with E-state index < -0.39 is 39.8 Å². The third-order valence-corrected chi connectivity index (χ3v) is 6.75. The van der Waals surface area contributed by atoms with Crippen molar-refractivity contribution in [3.63, 3.8) is 0 Å². The number of carbonyl (C=O) groups excluding carboxylic acids is 3. The van der Waals surface area contributed by atoms with E-state index in [1.165, 1.54) is 6.92 Å². The van der Waals surface area contributed by atoms with Gasteiger partial charge in [0.25, 0.3) is 0 Å². The lowest BCUT2D eigenvalue weighted by Crippen LogP contribution is -2.54. The zero-order chi connectivity index (χ0) is 26.7. The number of nitrogens with one attached hydrogen (secondary N) is 4. The van der Waals surface area contributed by atoms with Crippen molar-refractivity contribution in [1.29, 1.82) is 5.41 Å². The molecule has 0 aliphatic heterocycles. The van der Waals surface area contributed by atoms with Gasteiger partial charge in [0.15, 0.2) is 0 Å². The first-order valence-electron chi connectivity index (χ1n) is 11.3. The summed E-state index contributed by atoms with van der Waals surface area (Å²) in [6.07, 6.45) is -0.150. The van der Waals surface area contributed by atoms with Crippen LogP contribution in [-0.4, -0.2) is 49.8 Å². The fourth-order valence-electron chi connectivity index (χ4n) is 3.28. The quantitative estimate of drug-likeness (QED) is 0.149. The molecule has 8 N–H and O–H groups in total. The maximum absolute atomic E-state index is 13.1. The van der Waals surface area contributed by atoms with Crippen molar-refractivity contribution < 1.29 is 22.8 Å². The number of nitrogens with two attached hydrogens (primary N) is 2. The van der Waals surface area contributed by atoms with E-state index in [1.54, 1.807) is 54.6 Å². The smallest absolute Gasteiger partial charge is 0.242 e. The average molecular weight is 517 g/mol. The minimum atomic E-state index is -3.73. The second-order valence-corrected chi connectivity index (χ2v) is 10.2. The van der Waals surface area contributed by atoms with Crippen molar-refractivity contribution in [2.75, 3.05) is 5.75 Å². The van der Waals surface area contributed by atoms with E-state index >= 15 is 0 Å². The first-order valence-corrected chi connectivity index (χ1v) is 13.0. The van der Waals surface area contributed by atoms with Crippen LogP contribution in [0, 0.1) is 5.41 Å². The van der Waals surface area contributed by atoms with Crippen LogP contribution in [0.4, 0.5) is 0 Å². The fraction of sp³-hybridized carbons (Fsp3) is 0.333. The summed E-state index contributed by atoms with van der Waals surface area (Å²) < 4.78 is 26.8. The highest BCUT2D eigenvalue weighted by atomic mass is 32.2. The number of amides is 3. The number of carbonyl (C=O) groups is 3. The van der Waals surface area contributed by atoms with E-state index in [1.807, 2.05) is 0 Å². The van der Waals surface area contributed by atoms with Gasteiger partial charge in [-0.05, 0) is 30.9 Å². The van der Waals surface area contributed by atoms with Crippen molar-refractivity contribution in [3.05, 3.63) is 71.3 Å². The Bertz CT molecular complexity index is 1170. The molecule has 0 bridgehead atoms. The van der Waals surface area contributed by atoms with E-state index in [4.69, 9.17) is 16.9 Å². The molecule has 0 saturated heterocycles. The van der Waals surface area contributed by atoms with Crippen LogP contribution in [0.25, 0.3) is 0 Å². The minimum Gasteiger partial charge on any atom is -0.384 e. The van der Waals surface area contributed by atoms with Crippen molar-refractivity contribution in [1.82, 2.24) is 15.4 Å². The molecule has 0 aromatic heterocycles. The van der Waals surface area contributed by atoms with Crippen LogP contribution < -0.4 is 26.8 Å². The SMILES string of the molecule is CCS(=O)(=O)N[C@H](Cc1ccccc1)C(=O)N[C@@H](CCC(N)=O)C(=O)NCc1ccc(C(=N)N)cc1. The first kappa shape index (κ1) is 28.5. The third-order valence-electron chi connectivity index (χ3n) is 5.35. The molecule has 0 aliphatic carbocycles. The van der Waals surface area contributed by atoms with Gasteiger partial charge in [0.05, 0.1) is 5.75 Å². The van der Waals surface area contributed by atoms with E-state index in [0.717, 1.165) is 11.1 Å². The lowest BCUT2D eigenvalue weighted by molar-refractivity contribution is -0.130. The lowest BCUT2D eigenvalue weighted by Gasteiger charge is -2.23. The fourth-order valence-corrected chi connectivity index (χ4v) is 4.07. The van der Waals surface area contributed by atoms with Crippen LogP contribution in [0.3, 0.4) is 0 Å². The number of benzene rings is 2. The number of nitrogen functional groups attached to an aromatic ring is 1. The van der Waals surface area contributed by atoms with Gasteiger partial charge in [-0.15, -0.1) is 0 Å². The second kappa shape index (κ2) is 13.4. The molecule has 0 saturated carbocycles. The Morgan fingerprint density at radius 2 is 1.56 bits per heavy atom. The van der Waals surface area contributed by atoms with Gasteiger partial charge in [-0.1, -0.05) is 54.6 Å². The molecule has 0 fully saturated rings. The Kier molecular flexibility index (Phi) is 10.6. The van der Waals surface area contributed by atoms with Gasteiger partial charge in [-0.25, -0.2) is 13.1 Å². The molecular weight excluding hydrogens is 484 g/mol. The van der Waals surface area contributed by atoms with Gasteiger partial charge in [-0.2, -0.15) is 0 Å². The highest BCUT2D eigenvalue weighted by Gasteiger charge is 2.28. The maximum Gasteiger partial charge on any atom is 0.242 e. The van der Waals surface area contributed by atoms with Gasteiger partial charge in [-0.3, -0.25) is 19.8 Å². The van der Waals surface area contributed by atoms with E-state index in [-0.39, 0.29) is 37.4 Å². The summed E-state index contributed by atoms with van der Waals surface area (Å²) in [5, 5.41) is 12.7. The molecule has 2 atom stereocenters. The van der Waals surface area contributed by atoms with Crippen LogP contribution in [0.1, 0.15) is 36.5 Å². The molecule has 2 rings (SSSR count). The number of sulfonamides is 1. The second-order valence-electron chi connectivity index (χ2n) is 8.16. The molecule has 3 amide bonds. The molecule has 0 aliphatic rings. The summed E-state index contributed by atoms with van der Waals surface area (Å²) in [5.41, 5.74) is 12.7. The highest BCUT2D eigenvalue weighted by molar-refractivity contribution is 7.89. The molecule has 2 aromatic rings. The summed E-state index contributed by atoms with van der Waals surface area (Å²) in [5.74, 6) is -2.21. The molecule has 0 heterocycles. The zero-order valence-electron chi connectivity index (χ0n) is 20.0. The van der Waals surface area contributed by atoms with E-state index in [2.05, 4.69) is 15.4 Å². The van der Waals surface area contributed by atoms with Crippen LogP contribution in [0.2, 0.25) is 0 Å². The first-order chi connectivity index (χ1) is 17.0. The largest absolute Gasteiger partial charge is 0.384 e. The highest BCUT2D eigenvalue weighted by Crippen LogP contribution is 2.08. The zero-order valence-corrected chi connectivity index (χ0v) is 20.8. The molecule has 12 heteroatoms. The molecular formula is C24H32N6O5S. The molecule has 0 spiro atoms. The topological polar surface area (TPSA) is 197 Å². The number of hydrogen-bond acceptors (Lipinski definition) is 6. The molecule has 0 unspecified atom stereocenters. The van der Waals surface area contributed by atoms with E-state index in [0.29, 0.717) is 5.56 Å². The predicted molar refractivity (Wildman–Crippen MR) is 136 cm³/mol. The Hall–Kier alpha value is -3.77. The van der Waals surface area contributed by atoms with Crippen LogP contribution in [-0.2, 0) is 37.4 Å². The van der Waals surface area contributed by atoms with Crippen molar-refractivity contribution in [3.8, 4) is 0 Å². The van der Waals surface area contributed by atoms with Crippen LogP contribution in [0.15, 0.2) is 54.6 Å². The van der Waals surface area contributed by atoms with Gasteiger partial charge in [0.1, 0.15) is 17.9 Å². The number of hydrogen-bond donors (Lipinski definition) is 6. The van der Waals surface area contributed by atoms with Crippen molar-refractivity contribution >= 4 is 33.6 Å². The average Bonchev–Trinajstić information content (AvgIpc) is 2.85. The Morgan fingerprint density at radius 1 is 0.917 bits per heavy atom. The summed E-state index contributed by atoms with van der Waals surface area (Å²) >= 11 is 0.